The first-order valence-electron chi connectivity index (χ1n) is 12.6. The molecular weight excluding hydrogens is 530 g/mol. The van der Waals surface area contributed by atoms with Gasteiger partial charge in [0.2, 0.25) is 0 Å². The minimum atomic E-state index is -0.327. The van der Waals surface area contributed by atoms with E-state index in [1.807, 2.05) is 71.3 Å². The third-order valence-electron chi connectivity index (χ3n) is 6.32. The number of carbonyl (C=O) groups is 1. The van der Waals surface area contributed by atoms with E-state index in [-0.39, 0.29) is 29.7 Å². The largest absolute Gasteiger partial charge is 0.497 e. The Balaban J connectivity index is 1.35. The van der Waals surface area contributed by atoms with Crippen LogP contribution < -0.4 is 24.3 Å². The van der Waals surface area contributed by atoms with E-state index in [1.165, 1.54) is 0 Å². The van der Waals surface area contributed by atoms with Crippen molar-refractivity contribution < 1.29 is 23.7 Å². The van der Waals surface area contributed by atoms with Crippen molar-refractivity contribution in [3.05, 3.63) is 119 Å². The smallest absolute Gasteiger partial charge is 0.253 e. The number of amides is 1. The van der Waals surface area contributed by atoms with Crippen LogP contribution in [0, 0.1) is 0 Å². The number of ether oxygens (including phenoxy) is 4. The van der Waals surface area contributed by atoms with Gasteiger partial charge in [-0.15, -0.1) is 0 Å². The Hall–Kier alpha value is -4.69. The normalized spacial score (nSPS) is 10.8. The molecule has 3 aromatic carbocycles. The number of methoxy groups -OCH3 is 2. The number of pyridine rings is 1. The Morgan fingerprint density at radius 2 is 1.45 bits per heavy atom. The molecule has 5 aromatic rings. The van der Waals surface area contributed by atoms with Crippen LogP contribution in [0.2, 0.25) is 5.02 Å². The zero-order valence-corrected chi connectivity index (χ0v) is 22.9. The van der Waals surface area contributed by atoms with Crippen molar-refractivity contribution >= 4 is 23.0 Å². The molecule has 0 aliphatic carbocycles. The van der Waals surface area contributed by atoms with E-state index in [0.29, 0.717) is 18.0 Å². The summed E-state index contributed by atoms with van der Waals surface area (Å²) in [6.07, 6.45) is 5.41. The molecule has 0 aliphatic heterocycles. The van der Waals surface area contributed by atoms with Crippen LogP contribution in [0.25, 0.3) is 5.52 Å². The molecule has 0 saturated heterocycles. The van der Waals surface area contributed by atoms with Crippen molar-refractivity contribution in [3.63, 3.8) is 0 Å². The van der Waals surface area contributed by atoms with Gasteiger partial charge in [0, 0.05) is 12.7 Å². The lowest BCUT2D eigenvalue weighted by molar-refractivity contribution is 0.0950. The third kappa shape index (κ3) is 6.30. The number of imidazole rings is 1. The summed E-state index contributed by atoms with van der Waals surface area (Å²) in [5, 5.41) is 3.11. The second kappa shape index (κ2) is 12.4. The molecule has 8 nitrogen and oxygen atoms in total. The summed E-state index contributed by atoms with van der Waals surface area (Å²) in [6, 6.07) is 22.3. The molecule has 0 atom stereocenters. The standard InChI is InChI=1S/C31H28ClN3O5/c1-37-25-9-4-21(5-10-25)18-39-28-14-13-27(29(32)30(28)40-19-22-6-11-26(38-2)12-7-22)31(36)34-15-23-3-8-24-16-33-20-35(24)17-23/h3-14,16-17,20H,15,18-19H2,1-2H3,(H,34,36). The number of hydrogen-bond donors (Lipinski definition) is 1. The molecule has 0 bridgehead atoms. The van der Waals surface area contributed by atoms with Crippen LogP contribution >= 0.6 is 11.6 Å². The molecule has 1 amide bonds. The number of rotatable bonds is 11. The van der Waals surface area contributed by atoms with Crippen molar-refractivity contribution in [2.45, 2.75) is 19.8 Å². The second-order valence-corrected chi connectivity index (χ2v) is 9.35. The van der Waals surface area contributed by atoms with E-state index < -0.39 is 0 Å². The molecule has 2 aromatic heterocycles. The highest BCUT2D eigenvalue weighted by Crippen LogP contribution is 2.39. The maximum absolute atomic E-state index is 13.2. The van der Waals surface area contributed by atoms with Gasteiger partial charge in [0.1, 0.15) is 24.7 Å². The second-order valence-electron chi connectivity index (χ2n) is 8.97. The van der Waals surface area contributed by atoms with E-state index in [2.05, 4.69) is 10.3 Å². The number of nitrogens with zero attached hydrogens (tertiary/aromatic N) is 2. The highest BCUT2D eigenvalue weighted by Gasteiger charge is 2.20. The Kier molecular flexibility index (Phi) is 8.37. The summed E-state index contributed by atoms with van der Waals surface area (Å²) in [5.74, 6) is 1.90. The molecule has 1 N–H and O–H groups in total. The van der Waals surface area contributed by atoms with Gasteiger partial charge in [0.05, 0.1) is 42.8 Å². The van der Waals surface area contributed by atoms with Crippen LogP contribution in [-0.4, -0.2) is 29.5 Å². The van der Waals surface area contributed by atoms with Crippen LogP contribution in [0.4, 0.5) is 0 Å². The molecule has 0 unspecified atom stereocenters. The number of hydrogen-bond acceptors (Lipinski definition) is 6. The van der Waals surface area contributed by atoms with Crippen LogP contribution in [0.3, 0.4) is 0 Å². The van der Waals surface area contributed by atoms with E-state index in [1.54, 1.807) is 38.9 Å². The monoisotopic (exact) mass is 557 g/mol. The molecular formula is C31H28ClN3O5. The number of carbonyl (C=O) groups excluding carboxylic acids is 1. The first-order valence-corrected chi connectivity index (χ1v) is 12.9. The summed E-state index contributed by atoms with van der Waals surface area (Å²) in [6.45, 7) is 0.821. The van der Waals surface area contributed by atoms with Crippen molar-refractivity contribution in [2.24, 2.45) is 0 Å². The predicted octanol–water partition coefficient (Wildman–Crippen LogP) is 6.09. The van der Waals surface area contributed by atoms with Gasteiger partial charge in [-0.3, -0.25) is 4.79 Å². The lowest BCUT2D eigenvalue weighted by Crippen LogP contribution is -2.23. The van der Waals surface area contributed by atoms with Crippen molar-refractivity contribution in [1.82, 2.24) is 14.7 Å². The quantitative estimate of drug-likeness (QED) is 0.211. The van der Waals surface area contributed by atoms with Crippen LogP contribution in [0.15, 0.2) is 91.5 Å². The zero-order valence-electron chi connectivity index (χ0n) is 22.1. The fourth-order valence-electron chi connectivity index (χ4n) is 4.07. The highest BCUT2D eigenvalue weighted by atomic mass is 35.5. The predicted molar refractivity (Wildman–Crippen MR) is 152 cm³/mol. The number of benzene rings is 3. The van der Waals surface area contributed by atoms with Gasteiger partial charge in [0.25, 0.3) is 5.91 Å². The Morgan fingerprint density at radius 3 is 2.10 bits per heavy atom. The summed E-state index contributed by atoms with van der Waals surface area (Å²) >= 11 is 6.77. The number of aromatic nitrogens is 2. The summed E-state index contributed by atoms with van der Waals surface area (Å²) in [7, 11) is 3.24. The molecule has 0 fully saturated rings. The lowest BCUT2D eigenvalue weighted by atomic mass is 10.1. The van der Waals surface area contributed by atoms with E-state index >= 15 is 0 Å². The first kappa shape index (κ1) is 26.9. The molecule has 0 radical (unpaired) electrons. The summed E-state index contributed by atoms with van der Waals surface area (Å²) < 4.78 is 24.6. The molecule has 0 saturated carbocycles. The molecule has 9 heteroatoms. The average molecular weight is 558 g/mol. The van der Waals surface area contributed by atoms with Gasteiger partial charge in [-0.05, 0) is 59.2 Å². The maximum Gasteiger partial charge on any atom is 0.253 e. The molecule has 2 heterocycles. The fraction of sp³-hybridized carbons (Fsp3) is 0.161. The van der Waals surface area contributed by atoms with Gasteiger partial charge in [-0.2, -0.15) is 0 Å². The Labute approximate surface area is 237 Å². The fourth-order valence-corrected chi connectivity index (χ4v) is 4.37. The maximum atomic E-state index is 13.2. The van der Waals surface area contributed by atoms with E-state index in [4.69, 9.17) is 30.5 Å². The molecule has 0 spiro atoms. The third-order valence-corrected chi connectivity index (χ3v) is 6.70. The van der Waals surface area contributed by atoms with Crippen molar-refractivity contribution in [3.8, 4) is 23.0 Å². The number of halogens is 1. The van der Waals surface area contributed by atoms with Gasteiger partial charge in [-0.25, -0.2) is 4.98 Å². The summed E-state index contributed by atoms with van der Waals surface area (Å²) in [5.41, 5.74) is 4.02. The molecule has 0 aliphatic rings. The molecule has 5 rings (SSSR count). The average Bonchev–Trinajstić information content (AvgIpc) is 3.47. The number of fused-ring (bicyclic) bond motifs is 1. The molecule has 40 heavy (non-hydrogen) atoms. The summed E-state index contributed by atoms with van der Waals surface area (Å²) in [4.78, 5) is 17.3. The van der Waals surface area contributed by atoms with Gasteiger partial charge in [0.15, 0.2) is 11.5 Å². The van der Waals surface area contributed by atoms with E-state index in [9.17, 15) is 4.79 Å². The van der Waals surface area contributed by atoms with E-state index in [0.717, 1.165) is 33.7 Å². The SMILES string of the molecule is COc1ccc(COc2ccc(C(=O)NCc3ccc4cncn4c3)c(Cl)c2OCc2ccc(OC)cc2)cc1. The van der Waals surface area contributed by atoms with Crippen LogP contribution in [0.1, 0.15) is 27.0 Å². The van der Waals surface area contributed by atoms with Gasteiger partial charge < -0.3 is 28.7 Å². The van der Waals surface area contributed by atoms with Crippen molar-refractivity contribution in [1.29, 1.82) is 0 Å². The minimum absolute atomic E-state index is 0.170. The van der Waals surface area contributed by atoms with Crippen molar-refractivity contribution in [2.75, 3.05) is 14.2 Å². The topological polar surface area (TPSA) is 83.3 Å². The first-order chi connectivity index (χ1) is 19.5. The Bertz CT molecular complexity index is 1600. The van der Waals surface area contributed by atoms with Gasteiger partial charge >= 0.3 is 0 Å². The molecule has 204 valence electrons. The van der Waals surface area contributed by atoms with Gasteiger partial charge in [-0.1, -0.05) is 41.9 Å². The minimum Gasteiger partial charge on any atom is -0.497 e. The zero-order chi connectivity index (χ0) is 27.9. The number of nitrogens with one attached hydrogen (secondary N) is 1. The highest BCUT2D eigenvalue weighted by molar-refractivity contribution is 6.35. The Morgan fingerprint density at radius 1 is 0.825 bits per heavy atom. The lowest BCUT2D eigenvalue weighted by Gasteiger charge is -2.17. The van der Waals surface area contributed by atoms with Crippen LogP contribution in [-0.2, 0) is 19.8 Å². The van der Waals surface area contributed by atoms with Crippen LogP contribution in [0.5, 0.6) is 23.0 Å².